The van der Waals surface area contributed by atoms with Gasteiger partial charge in [-0.25, -0.2) is 4.98 Å². The fourth-order valence-electron chi connectivity index (χ4n) is 2.28. The summed E-state index contributed by atoms with van der Waals surface area (Å²) in [5, 5.41) is 5.68. The summed E-state index contributed by atoms with van der Waals surface area (Å²) in [7, 11) is 4.05. The highest BCUT2D eigenvalue weighted by Crippen LogP contribution is 2.21. The number of aryl methyl sites for hydroxylation is 2. The Kier molecular flexibility index (Phi) is 5.09. The molecule has 1 aromatic heterocycles. The van der Waals surface area contributed by atoms with Gasteiger partial charge in [0.25, 0.3) is 5.91 Å². The third-order valence-corrected chi connectivity index (χ3v) is 4.25. The molecular formula is C16H21N3OS. The molecule has 5 heteroatoms. The highest BCUT2D eigenvalue weighted by molar-refractivity contribution is 7.09. The van der Waals surface area contributed by atoms with Gasteiger partial charge in [-0.2, -0.15) is 0 Å². The van der Waals surface area contributed by atoms with E-state index in [4.69, 9.17) is 0 Å². The van der Waals surface area contributed by atoms with Crippen LogP contribution in [0.4, 0.5) is 0 Å². The minimum absolute atomic E-state index is 0.111. The standard InChI is InChI=1S/C16H21N3OS/c1-11-7-5-6-8-13(11)15(19(3)4)9-17-16(20)14-10-21-12(2)18-14/h5-8,10,15H,9H2,1-4H3,(H,17,20)/t15-/m1/s1. The maximum absolute atomic E-state index is 12.1. The summed E-state index contributed by atoms with van der Waals surface area (Å²) >= 11 is 1.49. The van der Waals surface area contributed by atoms with Crippen molar-refractivity contribution < 1.29 is 4.79 Å². The van der Waals surface area contributed by atoms with E-state index in [0.29, 0.717) is 12.2 Å². The molecule has 0 aliphatic heterocycles. The second kappa shape index (κ2) is 6.83. The van der Waals surface area contributed by atoms with Crippen molar-refractivity contribution >= 4 is 17.2 Å². The Morgan fingerprint density at radius 2 is 2.05 bits per heavy atom. The van der Waals surface area contributed by atoms with E-state index in [1.807, 2.05) is 33.2 Å². The first kappa shape index (κ1) is 15.7. The average molecular weight is 303 g/mol. The first-order chi connectivity index (χ1) is 9.99. The van der Waals surface area contributed by atoms with Crippen LogP contribution in [-0.4, -0.2) is 36.4 Å². The number of carbonyl (C=O) groups excluding carboxylic acids is 1. The fourth-order valence-corrected chi connectivity index (χ4v) is 2.87. The Balaban J connectivity index is 2.08. The quantitative estimate of drug-likeness (QED) is 0.924. The topological polar surface area (TPSA) is 45.2 Å². The Morgan fingerprint density at radius 3 is 2.62 bits per heavy atom. The number of hydrogen-bond donors (Lipinski definition) is 1. The van der Waals surface area contributed by atoms with E-state index in [0.717, 1.165) is 5.01 Å². The predicted octanol–water partition coefficient (Wildman–Crippen LogP) is 2.79. The third-order valence-electron chi connectivity index (χ3n) is 3.48. The lowest BCUT2D eigenvalue weighted by Crippen LogP contribution is -2.35. The van der Waals surface area contributed by atoms with Crippen LogP contribution in [0.3, 0.4) is 0 Å². The average Bonchev–Trinajstić information content (AvgIpc) is 2.87. The van der Waals surface area contributed by atoms with Gasteiger partial charge in [0.15, 0.2) is 0 Å². The van der Waals surface area contributed by atoms with E-state index in [9.17, 15) is 4.79 Å². The van der Waals surface area contributed by atoms with E-state index in [1.54, 1.807) is 5.38 Å². The number of aromatic nitrogens is 1. The highest BCUT2D eigenvalue weighted by atomic mass is 32.1. The Bertz CT molecular complexity index is 621. The van der Waals surface area contributed by atoms with Crippen molar-refractivity contribution in [2.75, 3.05) is 20.6 Å². The van der Waals surface area contributed by atoms with Crippen LogP contribution >= 0.6 is 11.3 Å². The molecule has 1 N–H and O–H groups in total. The highest BCUT2D eigenvalue weighted by Gasteiger charge is 2.18. The molecule has 1 amide bonds. The van der Waals surface area contributed by atoms with Crippen LogP contribution in [-0.2, 0) is 0 Å². The number of benzene rings is 1. The van der Waals surface area contributed by atoms with Gasteiger partial charge >= 0.3 is 0 Å². The van der Waals surface area contributed by atoms with Crippen LogP contribution in [0.25, 0.3) is 0 Å². The molecule has 21 heavy (non-hydrogen) atoms. The number of thiazole rings is 1. The van der Waals surface area contributed by atoms with Gasteiger partial charge in [-0.05, 0) is 39.1 Å². The van der Waals surface area contributed by atoms with Crippen molar-refractivity contribution in [3.63, 3.8) is 0 Å². The summed E-state index contributed by atoms with van der Waals surface area (Å²) < 4.78 is 0. The van der Waals surface area contributed by atoms with Crippen LogP contribution < -0.4 is 5.32 Å². The molecule has 0 spiro atoms. The van der Waals surface area contributed by atoms with Gasteiger partial charge < -0.3 is 10.2 Å². The maximum atomic E-state index is 12.1. The van der Waals surface area contributed by atoms with Crippen LogP contribution in [0, 0.1) is 13.8 Å². The van der Waals surface area contributed by atoms with Crippen LogP contribution in [0.5, 0.6) is 0 Å². The van der Waals surface area contributed by atoms with E-state index >= 15 is 0 Å². The molecule has 1 atom stereocenters. The first-order valence-corrected chi connectivity index (χ1v) is 7.79. The smallest absolute Gasteiger partial charge is 0.270 e. The molecule has 2 aromatic rings. The molecule has 1 aromatic carbocycles. The number of nitrogens with one attached hydrogen (secondary N) is 1. The summed E-state index contributed by atoms with van der Waals surface area (Å²) in [6.07, 6.45) is 0. The zero-order valence-electron chi connectivity index (χ0n) is 12.9. The number of amides is 1. The third kappa shape index (κ3) is 3.89. The lowest BCUT2D eigenvalue weighted by molar-refractivity contribution is 0.0937. The number of nitrogens with zero attached hydrogens (tertiary/aromatic N) is 2. The monoisotopic (exact) mass is 303 g/mol. The van der Waals surface area contributed by atoms with Crippen molar-refractivity contribution in [1.82, 2.24) is 15.2 Å². The Morgan fingerprint density at radius 1 is 1.33 bits per heavy atom. The summed E-state index contributed by atoms with van der Waals surface area (Å²) in [6.45, 7) is 4.56. The van der Waals surface area contributed by atoms with Gasteiger partial charge in [0.1, 0.15) is 5.69 Å². The molecule has 0 saturated carbocycles. The molecule has 0 aliphatic rings. The van der Waals surface area contributed by atoms with Gasteiger partial charge in [0, 0.05) is 11.9 Å². The largest absolute Gasteiger partial charge is 0.349 e. The normalized spacial score (nSPS) is 12.4. The van der Waals surface area contributed by atoms with E-state index in [-0.39, 0.29) is 11.9 Å². The van der Waals surface area contributed by atoms with Gasteiger partial charge in [0.2, 0.25) is 0 Å². The van der Waals surface area contributed by atoms with Gasteiger partial charge in [-0.1, -0.05) is 24.3 Å². The summed E-state index contributed by atoms with van der Waals surface area (Å²) in [5.41, 5.74) is 2.96. The van der Waals surface area contributed by atoms with Crippen molar-refractivity contribution in [1.29, 1.82) is 0 Å². The van der Waals surface area contributed by atoms with Crippen LogP contribution in [0.15, 0.2) is 29.6 Å². The summed E-state index contributed by atoms with van der Waals surface area (Å²) in [4.78, 5) is 18.5. The minimum Gasteiger partial charge on any atom is -0.349 e. The summed E-state index contributed by atoms with van der Waals surface area (Å²) in [6, 6.07) is 8.42. The van der Waals surface area contributed by atoms with Crippen LogP contribution in [0.2, 0.25) is 0 Å². The lowest BCUT2D eigenvalue weighted by Gasteiger charge is -2.26. The second-order valence-corrected chi connectivity index (χ2v) is 6.36. The van der Waals surface area contributed by atoms with Gasteiger partial charge in [0.05, 0.1) is 11.0 Å². The molecule has 0 fully saturated rings. The number of rotatable bonds is 5. The molecule has 2 rings (SSSR count). The van der Waals surface area contributed by atoms with Crippen molar-refractivity contribution in [3.8, 4) is 0 Å². The minimum atomic E-state index is -0.111. The van der Waals surface area contributed by atoms with Crippen molar-refractivity contribution in [2.24, 2.45) is 0 Å². The van der Waals surface area contributed by atoms with Gasteiger partial charge in [-0.15, -0.1) is 11.3 Å². The van der Waals surface area contributed by atoms with Crippen molar-refractivity contribution in [3.05, 3.63) is 51.5 Å². The zero-order valence-corrected chi connectivity index (χ0v) is 13.7. The molecule has 1 heterocycles. The molecule has 112 valence electrons. The lowest BCUT2D eigenvalue weighted by atomic mass is 10.0. The number of likely N-dealkylation sites (N-methyl/N-ethyl adjacent to an activating group) is 1. The maximum Gasteiger partial charge on any atom is 0.270 e. The molecule has 4 nitrogen and oxygen atoms in total. The molecule has 0 radical (unpaired) electrons. The van der Waals surface area contributed by atoms with E-state index < -0.39 is 0 Å². The molecule has 0 saturated heterocycles. The Hall–Kier alpha value is -1.72. The SMILES string of the molecule is Cc1nc(C(=O)NC[C@H](c2ccccc2C)N(C)C)cs1. The number of carbonyl (C=O) groups is 1. The first-order valence-electron chi connectivity index (χ1n) is 6.91. The summed E-state index contributed by atoms with van der Waals surface area (Å²) in [5.74, 6) is -0.111. The van der Waals surface area contributed by atoms with E-state index in [1.165, 1.54) is 22.5 Å². The predicted molar refractivity (Wildman–Crippen MR) is 86.8 cm³/mol. The Labute approximate surface area is 129 Å². The van der Waals surface area contributed by atoms with E-state index in [2.05, 4.69) is 34.3 Å². The molecule has 0 unspecified atom stereocenters. The second-order valence-electron chi connectivity index (χ2n) is 5.30. The number of hydrogen-bond acceptors (Lipinski definition) is 4. The van der Waals surface area contributed by atoms with Crippen molar-refractivity contribution in [2.45, 2.75) is 19.9 Å². The molecular weight excluding hydrogens is 282 g/mol. The zero-order chi connectivity index (χ0) is 15.4. The fraction of sp³-hybridized carbons (Fsp3) is 0.375. The van der Waals surface area contributed by atoms with Gasteiger partial charge in [-0.3, -0.25) is 4.79 Å². The van der Waals surface area contributed by atoms with Crippen LogP contribution in [0.1, 0.15) is 32.7 Å². The molecule has 0 bridgehead atoms. The molecule has 0 aliphatic carbocycles.